The molecule has 3 aromatic carbocycles. The van der Waals surface area contributed by atoms with E-state index in [-0.39, 0.29) is 34.4 Å². The highest BCUT2D eigenvalue weighted by atomic mass is 19.1. The molecule has 0 amide bonds. The van der Waals surface area contributed by atoms with Crippen LogP contribution in [-0.2, 0) is 17.3 Å². The first-order chi connectivity index (χ1) is 20.8. The van der Waals surface area contributed by atoms with Crippen LogP contribution in [0, 0.1) is 17.6 Å². The Morgan fingerprint density at radius 1 is 0.818 bits per heavy atom. The van der Waals surface area contributed by atoms with Crippen LogP contribution in [0.4, 0.5) is 8.78 Å². The van der Waals surface area contributed by atoms with E-state index in [4.69, 9.17) is 10.5 Å². The lowest BCUT2D eigenvalue weighted by molar-refractivity contribution is 0.303. The van der Waals surface area contributed by atoms with Gasteiger partial charge in [-0.3, -0.25) is 0 Å². The normalized spacial score (nSPS) is 16.9. The van der Waals surface area contributed by atoms with Crippen LogP contribution in [0.3, 0.4) is 0 Å². The highest BCUT2D eigenvalue weighted by Gasteiger charge is 2.30. The number of hydrogen-bond acceptors (Lipinski definition) is 3. The minimum absolute atomic E-state index is 0.0202. The molecule has 1 heterocycles. The minimum Gasteiger partial charge on any atom is -0.496 e. The van der Waals surface area contributed by atoms with Crippen molar-refractivity contribution in [3.05, 3.63) is 100 Å². The summed E-state index contributed by atoms with van der Waals surface area (Å²) in [6.45, 7) is 16.8. The van der Waals surface area contributed by atoms with Gasteiger partial charge in [0.05, 0.1) is 7.11 Å². The third-order valence-electron chi connectivity index (χ3n) is 9.37. The summed E-state index contributed by atoms with van der Waals surface area (Å²) in [5.74, 6) is 1.18. The number of hydrogen-bond donors (Lipinski definition) is 1. The van der Waals surface area contributed by atoms with Crippen molar-refractivity contribution >= 4 is 0 Å². The number of nitrogens with two attached hydrogens (primary N) is 1. The number of rotatable bonds is 12. The monoisotopic (exact) mass is 604 g/mol. The first kappa shape index (κ1) is 34.1. The maximum Gasteiger partial charge on any atom is 0.126 e. The molecular formula is C39H54F2N2O. The molecule has 1 aliphatic heterocycles. The standard InChI is InChI=1S/C39H54F2N2O/c1-38(2,3)34-23-27(24-35(37(34)44-7)39(4,5)6)25-36(42)30-20-22-43(26-30)21-10-8-9-11-33(28-12-16-31(40)17-13-28)29-14-18-32(41)19-15-29/h12-19,23-24,30,33,36H,8-11,20-22,25-26,42H2,1-7H3/t30?,36-/m1/s1. The Bertz CT molecular complexity index is 1260. The van der Waals surface area contributed by atoms with Gasteiger partial charge in [-0.25, -0.2) is 8.78 Å². The predicted octanol–water partition coefficient (Wildman–Crippen LogP) is 9.15. The molecule has 3 aromatic rings. The zero-order valence-electron chi connectivity index (χ0n) is 28.1. The number of unbranched alkanes of at least 4 members (excludes halogenated alkanes) is 2. The van der Waals surface area contributed by atoms with Crippen molar-refractivity contribution in [1.29, 1.82) is 0 Å². The maximum atomic E-state index is 13.6. The first-order valence-electron chi connectivity index (χ1n) is 16.5. The summed E-state index contributed by atoms with van der Waals surface area (Å²) in [6, 6.07) is 18.3. The van der Waals surface area contributed by atoms with Crippen molar-refractivity contribution in [1.82, 2.24) is 4.90 Å². The predicted molar refractivity (Wildman–Crippen MR) is 180 cm³/mol. The second kappa shape index (κ2) is 14.6. The largest absolute Gasteiger partial charge is 0.496 e. The average molecular weight is 605 g/mol. The van der Waals surface area contributed by atoms with Crippen LogP contribution in [0.2, 0.25) is 0 Å². The zero-order valence-corrected chi connectivity index (χ0v) is 28.1. The van der Waals surface area contributed by atoms with Gasteiger partial charge in [-0.05, 0) is 96.5 Å². The minimum atomic E-state index is -0.233. The van der Waals surface area contributed by atoms with Crippen LogP contribution in [0.5, 0.6) is 5.75 Å². The van der Waals surface area contributed by atoms with E-state index >= 15 is 0 Å². The number of nitrogens with zero attached hydrogens (tertiary/aromatic N) is 1. The van der Waals surface area contributed by atoms with Crippen LogP contribution in [0.1, 0.15) is 107 Å². The third-order valence-corrected chi connectivity index (χ3v) is 9.37. The molecule has 5 heteroatoms. The molecule has 0 spiro atoms. The Balaban J connectivity index is 1.30. The molecule has 0 radical (unpaired) electrons. The highest BCUT2D eigenvalue weighted by molar-refractivity contribution is 5.51. The van der Waals surface area contributed by atoms with Gasteiger partial charge in [0.25, 0.3) is 0 Å². The summed E-state index contributed by atoms with van der Waals surface area (Å²) < 4.78 is 33.1. The van der Waals surface area contributed by atoms with Crippen LogP contribution in [0.15, 0.2) is 60.7 Å². The van der Waals surface area contributed by atoms with E-state index < -0.39 is 0 Å². The lowest BCUT2D eigenvalue weighted by Crippen LogP contribution is -2.35. The lowest BCUT2D eigenvalue weighted by Gasteiger charge is -2.30. The Labute approximate surface area is 265 Å². The van der Waals surface area contributed by atoms with Crippen molar-refractivity contribution < 1.29 is 13.5 Å². The van der Waals surface area contributed by atoms with Gasteiger partial charge >= 0.3 is 0 Å². The van der Waals surface area contributed by atoms with Gasteiger partial charge in [0.1, 0.15) is 17.4 Å². The molecule has 44 heavy (non-hydrogen) atoms. The molecule has 4 rings (SSSR count). The van der Waals surface area contributed by atoms with E-state index in [9.17, 15) is 8.78 Å². The summed E-state index contributed by atoms with van der Waals surface area (Å²) >= 11 is 0. The number of methoxy groups -OCH3 is 1. The Kier molecular flexibility index (Phi) is 11.3. The molecule has 0 bridgehead atoms. The molecule has 0 aliphatic carbocycles. The molecule has 3 nitrogen and oxygen atoms in total. The number of benzene rings is 3. The van der Waals surface area contributed by atoms with Crippen molar-refractivity contribution in [3.63, 3.8) is 0 Å². The lowest BCUT2D eigenvalue weighted by atomic mass is 9.77. The maximum absolute atomic E-state index is 13.6. The molecule has 2 N–H and O–H groups in total. The number of ether oxygens (including phenoxy) is 1. The summed E-state index contributed by atoms with van der Waals surface area (Å²) in [5, 5.41) is 0. The SMILES string of the molecule is COc1c(C(C)(C)C)cc(C[C@@H](N)C2CCN(CCCCCC(c3ccc(F)cc3)c3ccc(F)cc3)C2)cc1C(C)(C)C. The summed E-state index contributed by atoms with van der Waals surface area (Å²) in [5.41, 5.74) is 12.8. The average Bonchev–Trinajstić information content (AvgIpc) is 3.44. The Hall–Kier alpha value is -2.76. The molecule has 1 saturated heterocycles. The number of halogens is 2. The molecular weight excluding hydrogens is 550 g/mol. The fourth-order valence-corrected chi connectivity index (χ4v) is 6.77. The Morgan fingerprint density at radius 3 is 1.82 bits per heavy atom. The molecule has 1 fully saturated rings. The van der Waals surface area contributed by atoms with Crippen LogP contribution in [0.25, 0.3) is 0 Å². The zero-order chi connectivity index (χ0) is 32.1. The van der Waals surface area contributed by atoms with Crippen molar-refractivity contribution in [2.45, 2.75) is 103 Å². The van der Waals surface area contributed by atoms with Gasteiger partial charge in [0.2, 0.25) is 0 Å². The van der Waals surface area contributed by atoms with Gasteiger partial charge in [0, 0.05) is 29.6 Å². The summed E-state index contributed by atoms with van der Waals surface area (Å²) in [4.78, 5) is 2.58. The Morgan fingerprint density at radius 2 is 1.34 bits per heavy atom. The summed E-state index contributed by atoms with van der Waals surface area (Å²) in [6.07, 6.45) is 6.32. The van der Waals surface area contributed by atoms with E-state index in [2.05, 4.69) is 58.6 Å². The molecule has 240 valence electrons. The van der Waals surface area contributed by atoms with E-state index in [1.807, 2.05) is 24.3 Å². The van der Waals surface area contributed by atoms with E-state index in [0.29, 0.717) is 5.92 Å². The van der Waals surface area contributed by atoms with Gasteiger partial charge < -0.3 is 15.4 Å². The van der Waals surface area contributed by atoms with Gasteiger partial charge in [-0.2, -0.15) is 0 Å². The highest BCUT2D eigenvalue weighted by Crippen LogP contribution is 2.41. The topological polar surface area (TPSA) is 38.5 Å². The van der Waals surface area contributed by atoms with Crippen LogP contribution >= 0.6 is 0 Å². The van der Waals surface area contributed by atoms with Crippen molar-refractivity contribution in [2.24, 2.45) is 11.7 Å². The molecule has 2 atom stereocenters. The van der Waals surface area contributed by atoms with Crippen LogP contribution < -0.4 is 10.5 Å². The first-order valence-corrected chi connectivity index (χ1v) is 16.5. The van der Waals surface area contributed by atoms with Crippen LogP contribution in [-0.4, -0.2) is 37.7 Å². The van der Waals surface area contributed by atoms with E-state index in [1.54, 1.807) is 7.11 Å². The molecule has 1 aliphatic rings. The van der Waals surface area contributed by atoms with Crippen molar-refractivity contribution in [3.8, 4) is 5.75 Å². The van der Waals surface area contributed by atoms with Gasteiger partial charge in [0.15, 0.2) is 0 Å². The fourth-order valence-electron chi connectivity index (χ4n) is 6.77. The second-order valence-corrected chi connectivity index (χ2v) is 14.9. The smallest absolute Gasteiger partial charge is 0.126 e. The molecule has 0 aromatic heterocycles. The van der Waals surface area contributed by atoms with Gasteiger partial charge in [-0.15, -0.1) is 0 Å². The summed E-state index contributed by atoms with van der Waals surface area (Å²) in [7, 11) is 1.79. The second-order valence-electron chi connectivity index (χ2n) is 14.9. The third kappa shape index (κ3) is 8.91. The molecule has 0 saturated carbocycles. The van der Waals surface area contributed by atoms with E-state index in [1.165, 1.54) is 41.0 Å². The van der Waals surface area contributed by atoms with Gasteiger partial charge in [-0.1, -0.05) is 90.8 Å². The fraction of sp³-hybridized carbons (Fsp3) is 0.538. The molecule has 1 unspecified atom stereocenters. The number of likely N-dealkylation sites (tertiary alicyclic amines) is 1. The quantitative estimate of drug-likeness (QED) is 0.210. The van der Waals surface area contributed by atoms with Crippen molar-refractivity contribution in [2.75, 3.05) is 26.7 Å². The van der Waals surface area contributed by atoms with E-state index in [0.717, 1.165) is 75.0 Å².